The molecule has 82 valence electrons. The second kappa shape index (κ2) is 4.07. The fourth-order valence-electron chi connectivity index (χ4n) is 2.16. The molecule has 1 aliphatic rings. The number of benzene rings is 1. The van der Waals surface area contributed by atoms with Crippen LogP contribution < -0.4 is 5.32 Å². The Bertz CT molecular complexity index is 484. The van der Waals surface area contributed by atoms with Crippen LogP contribution in [0.4, 0.5) is 5.13 Å². The number of fused-ring (bicyclic) bond motifs is 1. The minimum atomic E-state index is 0.458. The average Bonchev–Trinajstić information content (AvgIpc) is 2.84. The van der Waals surface area contributed by atoms with Crippen LogP contribution in [-0.2, 0) is 12.8 Å². The minimum absolute atomic E-state index is 0.458. The van der Waals surface area contributed by atoms with Crippen molar-refractivity contribution in [2.45, 2.75) is 18.9 Å². The van der Waals surface area contributed by atoms with E-state index in [1.807, 2.05) is 5.38 Å². The van der Waals surface area contributed by atoms with Crippen molar-refractivity contribution in [3.05, 3.63) is 45.9 Å². The van der Waals surface area contributed by atoms with Crippen LogP contribution in [0.15, 0.2) is 29.6 Å². The van der Waals surface area contributed by atoms with Gasteiger partial charge in [0.1, 0.15) is 5.15 Å². The van der Waals surface area contributed by atoms with Gasteiger partial charge in [-0.15, -0.1) is 11.3 Å². The molecule has 4 heteroatoms. The SMILES string of the molecule is Clc1csc(NC2Cc3ccccc3C2)n1. The van der Waals surface area contributed by atoms with Gasteiger partial charge in [-0.1, -0.05) is 35.9 Å². The van der Waals surface area contributed by atoms with Crippen LogP contribution in [0.25, 0.3) is 0 Å². The average molecular weight is 251 g/mol. The van der Waals surface area contributed by atoms with E-state index in [-0.39, 0.29) is 0 Å². The molecule has 0 bridgehead atoms. The maximum atomic E-state index is 5.79. The van der Waals surface area contributed by atoms with Crippen LogP contribution in [0.1, 0.15) is 11.1 Å². The Balaban J connectivity index is 1.72. The highest BCUT2D eigenvalue weighted by Crippen LogP contribution is 2.26. The number of thiazole rings is 1. The number of hydrogen-bond acceptors (Lipinski definition) is 3. The summed E-state index contributed by atoms with van der Waals surface area (Å²) >= 11 is 7.36. The standard InChI is InChI=1S/C12H11ClN2S/c13-11-7-16-12(15-11)14-10-5-8-3-1-2-4-9(8)6-10/h1-4,7,10H,5-6H2,(H,14,15). The molecule has 0 atom stereocenters. The van der Waals surface area contributed by atoms with Gasteiger partial charge in [0, 0.05) is 11.4 Å². The van der Waals surface area contributed by atoms with Crippen molar-refractivity contribution >= 4 is 28.1 Å². The molecule has 1 aliphatic carbocycles. The zero-order chi connectivity index (χ0) is 11.0. The first-order chi connectivity index (χ1) is 7.81. The smallest absolute Gasteiger partial charge is 0.184 e. The first-order valence-electron chi connectivity index (χ1n) is 5.25. The molecule has 1 aromatic heterocycles. The summed E-state index contributed by atoms with van der Waals surface area (Å²) in [6.45, 7) is 0. The largest absolute Gasteiger partial charge is 0.358 e. The normalized spacial score (nSPS) is 15.1. The Kier molecular flexibility index (Phi) is 2.58. The molecule has 0 saturated heterocycles. The van der Waals surface area contributed by atoms with E-state index in [1.165, 1.54) is 11.1 Å². The lowest BCUT2D eigenvalue weighted by atomic mass is 10.1. The summed E-state index contributed by atoms with van der Waals surface area (Å²) in [5, 5.41) is 6.78. The number of halogens is 1. The molecular weight excluding hydrogens is 240 g/mol. The lowest BCUT2D eigenvalue weighted by molar-refractivity contribution is 0.773. The van der Waals surface area contributed by atoms with Crippen molar-refractivity contribution in [1.82, 2.24) is 4.98 Å². The highest BCUT2D eigenvalue weighted by Gasteiger charge is 2.21. The van der Waals surface area contributed by atoms with Crippen molar-refractivity contribution in [3.8, 4) is 0 Å². The van der Waals surface area contributed by atoms with Crippen LogP contribution in [-0.4, -0.2) is 11.0 Å². The van der Waals surface area contributed by atoms with Gasteiger partial charge in [0.2, 0.25) is 0 Å². The van der Waals surface area contributed by atoms with Crippen LogP contribution in [0.2, 0.25) is 5.15 Å². The predicted octanol–water partition coefficient (Wildman–Crippen LogP) is 3.38. The molecule has 2 aromatic rings. The Morgan fingerprint density at radius 1 is 1.25 bits per heavy atom. The number of rotatable bonds is 2. The Morgan fingerprint density at radius 2 is 1.94 bits per heavy atom. The molecule has 1 aromatic carbocycles. The molecule has 0 fully saturated rings. The topological polar surface area (TPSA) is 24.9 Å². The van der Waals surface area contributed by atoms with Gasteiger partial charge in [0.15, 0.2) is 5.13 Å². The number of nitrogens with zero attached hydrogens (tertiary/aromatic N) is 1. The lowest BCUT2D eigenvalue weighted by Gasteiger charge is -2.09. The summed E-state index contributed by atoms with van der Waals surface area (Å²) in [5.41, 5.74) is 2.89. The maximum Gasteiger partial charge on any atom is 0.184 e. The number of hydrogen-bond donors (Lipinski definition) is 1. The van der Waals surface area contributed by atoms with Crippen molar-refractivity contribution in [3.63, 3.8) is 0 Å². The van der Waals surface area contributed by atoms with Gasteiger partial charge in [-0.3, -0.25) is 0 Å². The third-order valence-electron chi connectivity index (χ3n) is 2.85. The number of anilines is 1. The fraction of sp³-hybridized carbons (Fsp3) is 0.250. The fourth-order valence-corrected chi connectivity index (χ4v) is 3.07. The molecule has 0 unspecified atom stereocenters. The van der Waals surface area contributed by atoms with E-state index < -0.39 is 0 Å². The molecule has 0 saturated carbocycles. The second-order valence-corrected chi connectivity index (χ2v) is 5.24. The second-order valence-electron chi connectivity index (χ2n) is 3.99. The first-order valence-corrected chi connectivity index (χ1v) is 6.51. The number of aromatic nitrogens is 1. The summed E-state index contributed by atoms with van der Waals surface area (Å²) in [7, 11) is 0. The highest BCUT2D eigenvalue weighted by molar-refractivity contribution is 7.14. The van der Waals surface area contributed by atoms with Crippen LogP contribution >= 0.6 is 22.9 Å². The zero-order valence-electron chi connectivity index (χ0n) is 8.61. The molecule has 0 amide bonds. The molecule has 16 heavy (non-hydrogen) atoms. The van der Waals surface area contributed by atoms with Gasteiger partial charge in [-0.05, 0) is 24.0 Å². The van der Waals surface area contributed by atoms with E-state index in [1.54, 1.807) is 11.3 Å². The molecule has 2 nitrogen and oxygen atoms in total. The van der Waals surface area contributed by atoms with Gasteiger partial charge in [0.05, 0.1) is 0 Å². The monoisotopic (exact) mass is 250 g/mol. The Morgan fingerprint density at radius 3 is 2.50 bits per heavy atom. The van der Waals surface area contributed by atoms with E-state index in [0.29, 0.717) is 11.2 Å². The molecule has 0 radical (unpaired) electrons. The van der Waals surface area contributed by atoms with Gasteiger partial charge in [0.25, 0.3) is 0 Å². The molecule has 1 N–H and O–H groups in total. The quantitative estimate of drug-likeness (QED) is 0.884. The van der Waals surface area contributed by atoms with E-state index in [0.717, 1.165) is 18.0 Å². The summed E-state index contributed by atoms with van der Waals surface area (Å²) in [6.07, 6.45) is 2.15. The van der Waals surface area contributed by atoms with Crippen LogP contribution in [0, 0.1) is 0 Å². The predicted molar refractivity (Wildman–Crippen MR) is 68.4 cm³/mol. The van der Waals surface area contributed by atoms with E-state index in [9.17, 15) is 0 Å². The van der Waals surface area contributed by atoms with Gasteiger partial charge in [-0.25, -0.2) is 4.98 Å². The summed E-state index contributed by atoms with van der Waals surface area (Å²) in [5.74, 6) is 0. The molecule has 0 aliphatic heterocycles. The summed E-state index contributed by atoms with van der Waals surface area (Å²) in [4.78, 5) is 4.21. The van der Waals surface area contributed by atoms with E-state index in [2.05, 4.69) is 34.6 Å². The third kappa shape index (κ3) is 1.93. The summed E-state index contributed by atoms with van der Waals surface area (Å²) < 4.78 is 0. The summed E-state index contributed by atoms with van der Waals surface area (Å²) in [6, 6.07) is 9.06. The van der Waals surface area contributed by atoms with E-state index in [4.69, 9.17) is 11.6 Å². The molecular formula is C12H11ClN2S. The Hall–Kier alpha value is -1.06. The van der Waals surface area contributed by atoms with Crippen molar-refractivity contribution in [2.24, 2.45) is 0 Å². The van der Waals surface area contributed by atoms with Gasteiger partial charge in [-0.2, -0.15) is 0 Å². The number of nitrogens with one attached hydrogen (secondary N) is 1. The minimum Gasteiger partial charge on any atom is -0.358 e. The first kappa shape index (κ1) is 10.1. The lowest BCUT2D eigenvalue weighted by Crippen LogP contribution is -2.19. The van der Waals surface area contributed by atoms with Crippen molar-refractivity contribution in [2.75, 3.05) is 5.32 Å². The Labute approximate surface area is 103 Å². The van der Waals surface area contributed by atoms with E-state index >= 15 is 0 Å². The molecule has 0 spiro atoms. The van der Waals surface area contributed by atoms with Gasteiger partial charge < -0.3 is 5.32 Å². The molecule has 1 heterocycles. The maximum absolute atomic E-state index is 5.79. The zero-order valence-corrected chi connectivity index (χ0v) is 10.2. The van der Waals surface area contributed by atoms with Gasteiger partial charge >= 0.3 is 0 Å². The van der Waals surface area contributed by atoms with Crippen molar-refractivity contribution in [1.29, 1.82) is 0 Å². The van der Waals surface area contributed by atoms with Crippen LogP contribution in [0.3, 0.4) is 0 Å². The third-order valence-corrected chi connectivity index (χ3v) is 3.95. The van der Waals surface area contributed by atoms with Crippen LogP contribution in [0.5, 0.6) is 0 Å². The van der Waals surface area contributed by atoms with Crippen molar-refractivity contribution < 1.29 is 0 Å². The highest BCUT2D eigenvalue weighted by atomic mass is 35.5. The molecule has 3 rings (SSSR count).